The Labute approximate surface area is 233 Å². The van der Waals surface area contributed by atoms with Gasteiger partial charge in [-0.2, -0.15) is 0 Å². The van der Waals surface area contributed by atoms with Gasteiger partial charge in [0, 0.05) is 5.56 Å². The molecule has 0 saturated heterocycles. The van der Waals surface area contributed by atoms with E-state index in [1.165, 1.54) is 5.56 Å². The zero-order valence-electron chi connectivity index (χ0n) is 26.2. The van der Waals surface area contributed by atoms with Crippen LogP contribution in [0.3, 0.4) is 0 Å². The minimum absolute atomic E-state index is 0.0428. The number of hydrogen-bond donors (Lipinski definition) is 0. The maximum absolute atomic E-state index is 7.06. The van der Waals surface area contributed by atoms with Gasteiger partial charge in [-0.3, -0.25) is 0 Å². The lowest BCUT2D eigenvalue weighted by molar-refractivity contribution is 0.324. The molecule has 38 heavy (non-hydrogen) atoms. The molecule has 0 unspecified atom stereocenters. The van der Waals surface area contributed by atoms with Crippen molar-refractivity contribution in [3.63, 3.8) is 0 Å². The predicted octanol–water partition coefficient (Wildman–Crippen LogP) is 9.21. The van der Waals surface area contributed by atoms with E-state index < -0.39 is 16.6 Å². The van der Waals surface area contributed by atoms with Crippen LogP contribution in [0.25, 0.3) is 12.2 Å². The lowest BCUT2D eigenvalue weighted by Gasteiger charge is -2.40. The maximum atomic E-state index is 7.06. The summed E-state index contributed by atoms with van der Waals surface area (Å²) >= 11 is 0. The first kappa shape index (κ1) is 31.8. The molecule has 0 aromatic heterocycles. The fourth-order valence-electron chi connectivity index (χ4n) is 3.45. The second-order valence-corrected chi connectivity index (χ2v) is 22.3. The summed E-state index contributed by atoms with van der Waals surface area (Å²) in [6.45, 7) is 24.9. The van der Waals surface area contributed by atoms with E-state index in [1.54, 1.807) is 21.3 Å². The summed E-state index contributed by atoms with van der Waals surface area (Å²) in [5.74, 6) is 3.56. The van der Waals surface area contributed by atoms with Crippen LogP contribution in [-0.2, 0) is 6.42 Å². The van der Waals surface area contributed by atoms with E-state index in [1.807, 2.05) is 12.1 Å². The molecule has 2 rings (SSSR count). The first-order chi connectivity index (χ1) is 17.4. The van der Waals surface area contributed by atoms with Crippen molar-refractivity contribution >= 4 is 28.8 Å². The summed E-state index contributed by atoms with van der Waals surface area (Å²) in [6, 6.07) is 8.21. The summed E-state index contributed by atoms with van der Waals surface area (Å²) in [4.78, 5) is 0. The molecule has 0 aliphatic heterocycles. The highest BCUT2D eigenvalue weighted by molar-refractivity contribution is 6.75. The van der Waals surface area contributed by atoms with Crippen molar-refractivity contribution < 1.29 is 23.1 Å². The third kappa shape index (κ3) is 6.97. The Hall–Kier alpha value is -2.39. The summed E-state index contributed by atoms with van der Waals surface area (Å²) in [5.41, 5.74) is 3.10. The van der Waals surface area contributed by atoms with Gasteiger partial charge in [-0.1, -0.05) is 72.8 Å². The standard InChI is InChI=1S/C31H50O5Si2/c1-15-23-18-19-24(17-16-22-20-25(32-8)29(34-10)26(21-22)33-9)28(36-38(13,14)31(5,6)7)27(23)35-37(11,12)30(2,3)4/h16-21H,15H2,1-14H3/b17-16-. The van der Waals surface area contributed by atoms with E-state index in [-0.39, 0.29) is 10.1 Å². The molecule has 0 atom stereocenters. The van der Waals surface area contributed by atoms with E-state index >= 15 is 0 Å². The average molecular weight is 559 g/mol. The van der Waals surface area contributed by atoms with Crippen molar-refractivity contribution in [2.75, 3.05) is 21.3 Å². The molecule has 0 spiro atoms. The number of ether oxygens (including phenoxy) is 3. The van der Waals surface area contributed by atoms with Gasteiger partial charge in [0.1, 0.15) is 5.75 Å². The molecule has 0 radical (unpaired) electrons. The van der Waals surface area contributed by atoms with Crippen LogP contribution < -0.4 is 23.1 Å². The smallest absolute Gasteiger partial charge is 0.250 e. The van der Waals surface area contributed by atoms with Crippen molar-refractivity contribution in [3.8, 4) is 28.7 Å². The molecule has 2 aromatic carbocycles. The van der Waals surface area contributed by atoms with Gasteiger partial charge >= 0.3 is 0 Å². The Morgan fingerprint density at radius 3 is 1.53 bits per heavy atom. The van der Waals surface area contributed by atoms with Gasteiger partial charge in [0.2, 0.25) is 5.75 Å². The van der Waals surface area contributed by atoms with Crippen LogP contribution >= 0.6 is 0 Å². The Morgan fingerprint density at radius 1 is 0.658 bits per heavy atom. The largest absolute Gasteiger partial charge is 0.541 e. The highest BCUT2D eigenvalue weighted by atomic mass is 28.4. The predicted molar refractivity (Wildman–Crippen MR) is 166 cm³/mol. The van der Waals surface area contributed by atoms with Crippen molar-refractivity contribution in [2.45, 2.75) is 91.2 Å². The van der Waals surface area contributed by atoms with E-state index in [0.717, 1.165) is 29.0 Å². The van der Waals surface area contributed by atoms with E-state index in [4.69, 9.17) is 23.1 Å². The van der Waals surface area contributed by atoms with Gasteiger partial charge in [-0.25, -0.2) is 0 Å². The average Bonchev–Trinajstić information content (AvgIpc) is 2.81. The fourth-order valence-corrected chi connectivity index (χ4v) is 5.51. The molecule has 2 aromatic rings. The van der Waals surface area contributed by atoms with E-state index in [2.05, 4.69) is 98.9 Å². The number of benzene rings is 2. The highest BCUT2D eigenvalue weighted by Crippen LogP contribution is 2.47. The van der Waals surface area contributed by atoms with Crippen LogP contribution in [0.15, 0.2) is 24.3 Å². The fraction of sp³-hybridized carbons (Fsp3) is 0.548. The van der Waals surface area contributed by atoms with Crippen LogP contribution in [0.4, 0.5) is 0 Å². The molecule has 0 amide bonds. The minimum Gasteiger partial charge on any atom is -0.541 e. The van der Waals surface area contributed by atoms with Crippen molar-refractivity contribution in [3.05, 3.63) is 41.0 Å². The zero-order chi connectivity index (χ0) is 29.1. The molecule has 0 aliphatic rings. The topological polar surface area (TPSA) is 46.2 Å². The number of aryl methyl sites for hydroxylation is 1. The quantitative estimate of drug-likeness (QED) is 0.215. The first-order valence-corrected chi connectivity index (χ1v) is 19.3. The van der Waals surface area contributed by atoms with Crippen LogP contribution in [-0.4, -0.2) is 38.0 Å². The molecule has 0 saturated carbocycles. The zero-order valence-corrected chi connectivity index (χ0v) is 28.2. The Bertz CT molecular complexity index is 1110. The minimum atomic E-state index is -2.17. The summed E-state index contributed by atoms with van der Waals surface area (Å²) in [5, 5.41) is 0.107. The lowest BCUT2D eigenvalue weighted by atomic mass is 10.0. The monoisotopic (exact) mass is 558 g/mol. The third-order valence-electron chi connectivity index (χ3n) is 8.07. The van der Waals surface area contributed by atoms with E-state index in [0.29, 0.717) is 17.2 Å². The normalized spacial score (nSPS) is 13.0. The Balaban J connectivity index is 2.77. The van der Waals surface area contributed by atoms with Crippen molar-refractivity contribution in [2.24, 2.45) is 0 Å². The molecule has 0 fully saturated rings. The van der Waals surface area contributed by atoms with E-state index in [9.17, 15) is 0 Å². The number of methoxy groups -OCH3 is 3. The SMILES string of the molecule is CCc1ccc(/C=C\c2cc(OC)c(OC)c(OC)c2)c(O[Si](C)(C)C(C)(C)C)c1O[Si](C)(C)C(C)(C)C. The molecule has 0 heterocycles. The molecule has 7 heteroatoms. The molecule has 212 valence electrons. The molecule has 0 bridgehead atoms. The second kappa shape index (κ2) is 11.8. The van der Waals surface area contributed by atoms with Crippen LogP contribution in [0.2, 0.25) is 36.3 Å². The Kier molecular flexibility index (Phi) is 9.87. The van der Waals surface area contributed by atoms with Gasteiger partial charge in [0.15, 0.2) is 17.2 Å². The highest BCUT2D eigenvalue weighted by Gasteiger charge is 2.43. The van der Waals surface area contributed by atoms with Gasteiger partial charge in [-0.15, -0.1) is 0 Å². The van der Waals surface area contributed by atoms with Gasteiger partial charge in [0.25, 0.3) is 16.6 Å². The van der Waals surface area contributed by atoms with Gasteiger partial charge in [-0.05, 0) is 65.9 Å². The van der Waals surface area contributed by atoms with Crippen LogP contribution in [0.5, 0.6) is 28.7 Å². The third-order valence-corrected chi connectivity index (χ3v) is 16.7. The molecular formula is C31H50O5Si2. The summed E-state index contributed by atoms with van der Waals surface area (Å²) < 4.78 is 30.7. The Morgan fingerprint density at radius 2 is 1.13 bits per heavy atom. The van der Waals surface area contributed by atoms with Crippen LogP contribution in [0.1, 0.15) is 65.2 Å². The second-order valence-electron chi connectivity index (χ2n) is 12.8. The summed E-state index contributed by atoms with van der Waals surface area (Å²) in [7, 11) is 0.571. The van der Waals surface area contributed by atoms with Crippen molar-refractivity contribution in [1.82, 2.24) is 0 Å². The maximum Gasteiger partial charge on any atom is 0.250 e. The number of hydrogen-bond acceptors (Lipinski definition) is 5. The van der Waals surface area contributed by atoms with Gasteiger partial charge < -0.3 is 23.1 Å². The molecular weight excluding hydrogens is 509 g/mol. The molecule has 0 aliphatic carbocycles. The first-order valence-electron chi connectivity index (χ1n) is 13.4. The molecule has 5 nitrogen and oxygen atoms in total. The summed E-state index contributed by atoms with van der Waals surface area (Å²) in [6.07, 6.45) is 5.02. The van der Waals surface area contributed by atoms with Crippen LogP contribution in [0, 0.1) is 0 Å². The van der Waals surface area contributed by atoms with Gasteiger partial charge in [0.05, 0.1) is 21.3 Å². The van der Waals surface area contributed by atoms with Crippen molar-refractivity contribution in [1.29, 1.82) is 0 Å². The number of rotatable bonds is 10. The lowest BCUT2D eigenvalue weighted by Crippen LogP contribution is -2.46. The molecule has 0 N–H and O–H groups in total.